The lowest BCUT2D eigenvalue weighted by molar-refractivity contribution is 0.476. The molecule has 1 aliphatic heterocycles. The maximum Gasteiger partial charge on any atom is 0.165 e. The predicted octanol–water partition coefficient (Wildman–Crippen LogP) is 3.90. The van der Waals surface area contributed by atoms with Gasteiger partial charge in [0.1, 0.15) is 11.6 Å². The van der Waals surface area contributed by atoms with Crippen LogP contribution in [-0.4, -0.2) is 34.2 Å². The SMILES string of the molecule is CC(C)c1ccc(O)c(-c2nc(N[C@H]3CCNC3)c3ccccc3n2)c1. The Balaban J connectivity index is 1.84. The summed E-state index contributed by atoms with van der Waals surface area (Å²) in [5.41, 5.74) is 2.71. The van der Waals surface area contributed by atoms with Gasteiger partial charge in [-0.3, -0.25) is 0 Å². The maximum atomic E-state index is 10.4. The van der Waals surface area contributed by atoms with Crippen molar-refractivity contribution in [3.05, 3.63) is 48.0 Å². The van der Waals surface area contributed by atoms with Gasteiger partial charge in [-0.25, -0.2) is 9.97 Å². The van der Waals surface area contributed by atoms with E-state index in [2.05, 4.69) is 24.5 Å². The summed E-state index contributed by atoms with van der Waals surface area (Å²) in [6.07, 6.45) is 1.07. The first kappa shape index (κ1) is 16.8. The van der Waals surface area contributed by atoms with Crippen LogP contribution >= 0.6 is 0 Å². The third-order valence-corrected chi connectivity index (χ3v) is 4.93. The van der Waals surface area contributed by atoms with Gasteiger partial charge in [0.05, 0.1) is 11.1 Å². The normalized spacial score (nSPS) is 17.1. The summed E-state index contributed by atoms with van der Waals surface area (Å²) in [4.78, 5) is 9.50. The van der Waals surface area contributed by atoms with E-state index in [0.29, 0.717) is 23.3 Å². The van der Waals surface area contributed by atoms with Crippen molar-refractivity contribution in [2.75, 3.05) is 18.4 Å². The van der Waals surface area contributed by atoms with Crippen LogP contribution in [0.4, 0.5) is 5.82 Å². The third kappa shape index (κ3) is 3.22. The molecule has 2 aromatic carbocycles. The molecule has 2 heterocycles. The van der Waals surface area contributed by atoms with Crippen LogP contribution in [0.5, 0.6) is 5.75 Å². The molecule has 1 saturated heterocycles. The fourth-order valence-electron chi connectivity index (χ4n) is 3.37. The smallest absolute Gasteiger partial charge is 0.165 e. The van der Waals surface area contributed by atoms with Crippen LogP contribution in [0.3, 0.4) is 0 Å². The molecule has 0 spiro atoms. The van der Waals surface area contributed by atoms with E-state index in [1.807, 2.05) is 36.4 Å². The van der Waals surface area contributed by atoms with Crippen LogP contribution in [0, 0.1) is 0 Å². The first-order chi connectivity index (χ1) is 12.6. The molecule has 0 aliphatic carbocycles. The molecule has 26 heavy (non-hydrogen) atoms. The Morgan fingerprint density at radius 1 is 1.15 bits per heavy atom. The number of hydrogen-bond acceptors (Lipinski definition) is 5. The molecule has 3 aromatic rings. The maximum absolute atomic E-state index is 10.4. The summed E-state index contributed by atoms with van der Waals surface area (Å²) in [7, 11) is 0. The number of fused-ring (bicyclic) bond motifs is 1. The van der Waals surface area contributed by atoms with Gasteiger partial charge >= 0.3 is 0 Å². The molecule has 0 unspecified atom stereocenters. The molecule has 5 nitrogen and oxygen atoms in total. The Morgan fingerprint density at radius 2 is 2.00 bits per heavy atom. The zero-order chi connectivity index (χ0) is 18.1. The van der Waals surface area contributed by atoms with Crippen LogP contribution in [0.2, 0.25) is 0 Å². The van der Waals surface area contributed by atoms with E-state index in [9.17, 15) is 5.11 Å². The van der Waals surface area contributed by atoms with E-state index in [-0.39, 0.29) is 5.75 Å². The zero-order valence-electron chi connectivity index (χ0n) is 15.2. The predicted molar refractivity (Wildman–Crippen MR) is 106 cm³/mol. The van der Waals surface area contributed by atoms with Gasteiger partial charge in [-0.2, -0.15) is 0 Å². The lowest BCUT2D eigenvalue weighted by Gasteiger charge is -2.16. The van der Waals surface area contributed by atoms with Gasteiger partial charge in [0, 0.05) is 18.0 Å². The minimum absolute atomic E-state index is 0.207. The monoisotopic (exact) mass is 348 g/mol. The van der Waals surface area contributed by atoms with Crippen molar-refractivity contribution in [2.45, 2.75) is 32.2 Å². The number of phenols is 1. The lowest BCUT2D eigenvalue weighted by Crippen LogP contribution is -2.23. The Bertz CT molecular complexity index is 932. The summed E-state index contributed by atoms with van der Waals surface area (Å²) in [6.45, 7) is 6.22. The quantitative estimate of drug-likeness (QED) is 0.667. The highest BCUT2D eigenvalue weighted by Crippen LogP contribution is 2.33. The number of rotatable bonds is 4. The number of aromatic nitrogens is 2. The molecule has 3 N–H and O–H groups in total. The van der Waals surface area contributed by atoms with Crippen molar-refractivity contribution < 1.29 is 5.11 Å². The van der Waals surface area contributed by atoms with E-state index >= 15 is 0 Å². The number of hydrogen-bond donors (Lipinski definition) is 3. The van der Waals surface area contributed by atoms with Crippen molar-refractivity contribution in [2.24, 2.45) is 0 Å². The van der Waals surface area contributed by atoms with Gasteiger partial charge in [0.25, 0.3) is 0 Å². The van der Waals surface area contributed by atoms with Gasteiger partial charge in [-0.05, 0) is 48.7 Å². The van der Waals surface area contributed by atoms with Crippen LogP contribution in [0.1, 0.15) is 31.7 Å². The van der Waals surface area contributed by atoms with Gasteiger partial charge < -0.3 is 15.7 Å². The molecule has 1 atom stereocenters. The second kappa shape index (κ2) is 6.92. The van der Waals surface area contributed by atoms with Crippen molar-refractivity contribution in [1.82, 2.24) is 15.3 Å². The molecule has 0 radical (unpaired) electrons. The van der Waals surface area contributed by atoms with Crippen molar-refractivity contribution in [3.8, 4) is 17.1 Å². The Kier molecular flexibility index (Phi) is 4.47. The Hall–Kier alpha value is -2.66. The molecular weight excluding hydrogens is 324 g/mol. The molecule has 0 amide bonds. The van der Waals surface area contributed by atoms with Gasteiger partial charge in [-0.15, -0.1) is 0 Å². The summed E-state index contributed by atoms with van der Waals surface area (Å²) < 4.78 is 0. The average molecular weight is 348 g/mol. The standard InChI is InChI=1S/C21H24N4O/c1-13(2)14-7-8-19(26)17(11-14)21-24-18-6-4-3-5-16(18)20(25-21)23-15-9-10-22-12-15/h3-8,11,13,15,22,26H,9-10,12H2,1-2H3,(H,23,24,25)/t15-/m0/s1. The average Bonchev–Trinajstić information content (AvgIpc) is 3.15. The first-order valence-corrected chi connectivity index (χ1v) is 9.19. The minimum Gasteiger partial charge on any atom is -0.507 e. The van der Waals surface area contributed by atoms with E-state index in [1.54, 1.807) is 6.07 Å². The number of para-hydroxylation sites is 1. The molecule has 5 heteroatoms. The largest absolute Gasteiger partial charge is 0.507 e. The first-order valence-electron chi connectivity index (χ1n) is 9.19. The van der Waals surface area contributed by atoms with Crippen LogP contribution < -0.4 is 10.6 Å². The van der Waals surface area contributed by atoms with Gasteiger partial charge in [-0.1, -0.05) is 32.0 Å². The van der Waals surface area contributed by atoms with Gasteiger partial charge in [0.15, 0.2) is 5.82 Å². The summed E-state index contributed by atoms with van der Waals surface area (Å²) in [6, 6.07) is 14.0. The van der Waals surface area contributed by atoms with Crippen molar-refractivity contribution in [1.29, 1.82) is 0 Å². The second-order valence-corrected chi connectivity index (χ2v) is 7.18. The second-order valence-electron chi connectivity index (χ2n) is 7.18. The number of benzene rings is 2. The zero-order valence-corrected chi connectivity index (χ0v) is 15.2. The summed E-state index contributed by atoms with van der Waals surface area (Å²) in [5, 5.41) is 18.3. The van der Waals surface area contributed by atoms with E-state index in [4.69, 9.17) is 9.97 Å². The minimum atomic E-state index is 0.207. The number of nitrogens with one attached hydrogen (secondary N) is 2. The highest BCUT2D eigenvalue weighted by atomic mass is 16.3. The topological polar surface area (TPSA) is 70.1 Å². The highest BCUT2D eigenvalue weighted by Gasteiger charge is 2.18. The fraction of sp³-hybridized carbons (Fsp3) is 0.333. The Labute approximate surface area is 153 Å². The fourth-order valence-corrected chi connectivity index (χ4v) is 3.37. The van der Waals surface area contributed by atoms with Crippen LogP contribution in [-0.2, 0) is 0 Å². The number of aromatic hydroxyl groups is 1. The molecule has 4 rings (SSSR count). The highest BCUT2D eigenvalue weighted by molar-refractivity contribution is 5.91. The van der Waals surface area contributed by atoms with Crippen molar-refractivity contribution in [3.63, 3.8) is 0 Å². The number of anilines is 1. The van der Waals surface area contributed by atoms with Crippen LogP contribution in [0.15, 0.2) is 42.5 Å². The molecule has 1 aromatic heterocycles. The molecular formula is C21H24N4O. The molecule has 0 bridgehead atoms. The Morgan fingerprint density at radius 3 is 2.77 bits per heavy atom. The molecule has 1 aliphatic rings. The number of nitrogens with zero attached hydrogens (tertiary/aromatic N) is 2. The van der Waals surface area contributed by atoms with Crippen LogP contribution in [0.25, 0.3) is 22.3 Å². The number of phenolic OH excluding ortho intramolecular Hbond substituents is 1. The summed E-state index contributed by atoms with van der Waals surface area (Å²) in [5.74, 6) is 1.96. The van der Waals surface area contributed by atoms with E-state index in [1.165, 1.54) is 0 Å². The van der Waals surface area contributed by atoms with Crippen molar-refractivity contribution >= 4 is 16.7 Å². The lowest BCUT2D eigenvalue weighted by atomic mass is 10.00. The van der Waals surface area contributed by atoms with Gasteiger partial charge in [0.2, 0.25) is 0 Å². The van der Waals surface area contributed by atoms with E-state index < -0.39 is 0 Å². The molecule has 0 saturated carbocycles. The molecule has 134 valence electrons. The third-order valence-electron chi connectivity index (χ3n) is 4.93. The summed E-state index contributed by atoms with van der Waals surface area (Å²) >= 11 is 0. The molecule has 1 fully saturated rings. The van der Waals surface area contributed by atoms with E-state index in [0.717, 1.165) is 41.8 Å².